The fourth-order valence-corrected chi connectivity index (χ4v) is 4.13. The molecule has 160 valence electrons. The highest BCUT2D eigenvalue weighted by Gasteiger charge is 2.19. The van der Waals surface area contributed by atoms with Crippen molar-refractivity contribution in [1.29, 1.82) is 0 Å². The maximum absolute atomic E-state index is 12.6. The van der Waals surface area contributed by atoms with E-state index in [1.165, 1.54) is 4.31 Å². The van der Waals surface area contributed by atoms with E-state index in [-0.39, 0.29) is 19.2 Å². The minimum absolute atomic E-state index is 0.152. The summed E-state index contributed by atoms with van der Waals surface area (Å²) in [5, 5.41) is 3.37. The summed E-state index contributed by atoms with van der Waals surface area (Å²) in [4.78, 5) is 12.6. The first-order valence-electron chi connectivity index (χ1n) is 9.33. The monoisotopic (exact) mass is 458 g/mol. The van der Waals surface area contributed by atoms with Crippen LogP contribution in [-0.4, -0.2) is 27.4 Å². The standard InChI is InChI=1S/C22H19ClN2O5S/c1-31(27,28)25(13-15-2-6-17(23)7-3-15)19-9-4-16(5-10-19)22(26)24-18-8-11-20-21(12-18)30-14-29-20/h2-12H,13-14H2,1H3,(H,24,26). The normalized spacial score (nSPS) is 12.5. The number of hydrogen-bond donors (Lipinski definition) is 1. The number of hydrogen-bond acceptors (Lipinski definition) is 5. The first-order valence-corrected chi connectivity index (χ1v) is 11.6. The molecule has 0 fully saturated rings. The zero-order valence-corrected chi connectivity index (χ0v) is 18.1. The van der Waals surface area contributed by atoms with Crippen LogP contribution in [0.2, 0.25) is 5.02 Å². The number of nitrogens with one attached hydrogen (secondary N) is 1. The molecule has 3 aromatic rings. The van der Waals surface area contributed by atoms with E-state index in [0.717, 1.165) is 11.8 Å². The van der Waals surface area contributed by atoms with E-state index in [4.69, 9.17) is 21.1 Å². The van der Waals surface area contributed by atoms with E-state index in [1.54, 1.807) is 66.7 Å². The summed E-state index contributed by atoms with van der Waals surface area (Å²) >= 11 is 5.90. The SMILES string of the molecule is CS(=O)(=O)N(Cc1ccc(Cl)cc1)c1ccc(C(=O)Nc2ccc3c(c2)OCO3)cc1. The third kappa shape index (κ3) is 4.92. The number of fused-ring (bicyclic) bond motifs is 1. The lowest BCUT2D eigenvalue weighted by Crippen LogP contribution is -2.29. The van der Waals surface area contributed by atoms with Gasteiger partial charge in [0.05, 0.1) is 18.5 Å². The quantitative estimate of drug-likeness (QED) is 0.595. The van der Waals surface area contributed by atoms with Crippen LogP contribution in [0.4, 0.5) is 11.4 Å². The van der Waals surface area contributed by atoms with Crippen LogP contribution in [0.3, 0.4) is 0 Å². The van der Waals surface area contributed by atoms with E-state index in [0.29, 0.717) is 33.5 Å². The second-order valence-corrected chi connectivity index (χ2v) is 9.31. The second kappa shape index (κ2) is 8.49. The molecular formula is C22H19ClN2O5S. The van der Waals surface area contributed by atoms with Crippen LogP contribution < -0.4 is 19.1 Å². The number of sulfonamides is 1. The molecule has 31 heavy (non-hydrogen) atoms. The molecule has 1 N–H and O–H groups in total. The van der Waals surface area contributed by atoms with Gasteiger partial charge in [-0.2, -0.15) is 0 Å². The summed E-state index contributed by atoms with van der Waals surface area (Å²) in [5.41, 5.74) is 2.21. The van der Waals surface area contributed by atoms with Crippen LogP contribution in [0.1, 0.15) is 15.9 Å². The van der Waals surface area contributed by atoms with Gasteiger partial charge in [-0.25, -0.2) is 8.42 Å². The molecule has 4 rings (SSSR count). The van der Waals surface area contributed by atoms with E-state index >= 15 is 0 Å². The number of ether oxygens (including phenoxy) is 2. The van der Waals surface area contributed by atoms with Crippen molar-refractivity contribution >= 4 is 38.9 Å². The molecule has 0 aromatic heterocycles. The zero-order valence-electron chi connectivity index (χ0n) is 16.5. The third-order valence-corrected chi connectivity index (χ3v) is 6.08. The molecule has 1 aliphatic heterocycles. The van der Waals surface area contributed by atoms with Gasteiger partial charge in [0.2, 0.25) is 16.8 Å². The molecule has 0 saturated carbocycles. The molecule has 0 radical (unpaired) electrons. The van der Waals surface area contributed by atoms with E-state index < -0.39 is 10.0 Å². The molecular weight excluding hydrogens is 440 g/mol. The molecule has 3 aromatic carbocycles. The Bertz CT molecular complexity index is 1210. The fraction of sp³-hybridized carbons (Fsp3) is 0.136. The van der Waals surface area contributed by atoms with Gasteiger partial charge in [0, 0.05) is 22.3 Å². The van der Waals surface area contributed by atoms with Crippen LogP contribution in [0.15, 0.2) is 66.7 Å². The lowest BCUT2D eigenvalue weighted by atomic mass is 10.1. The Morgan fingerprint density at radius 1 is 1.00 bits per heavy atom. The molecule has 0 saturated heterocycles. The Morgan fingerprint density at radius 2 is 1.68 bits per heavy atom. The molecule has 0 unspecified atom stereocenters. The Hall–Kier alpha value is -3.23. The summed E-state index contributed by atoms with van der Waals surface area (Å²) in [7, 11) is -3.54. The van der Waals surface area contributed by atoms with Crippen molar-refractivity contribution < 1.29 is 22.7 Å². The van der Waals surface area contributed by atoms with Crippen LogP contribution in [0.25, 0.3) is 0 Å². The van der Waals surface area contributed by atoms with Gasteiger partial charge in [-0.15, -0.1) is 0 Å². The molecule has 7 nitrogen and oxygen atoms in total. The van der Waals surface area contributed by atoms with Crippen molar-refractivity contribution in [2.24, 2.45) is 0 Å². The van der Waals surface area contributed by atoms with Crippen molar-refractivity contribution in [1.82, 2.24) is 0 Å². The summed E-state index contributed by atoms with van der Waals surface area (Å²) in [6, 6.07) is 18.5. The van der Waals surface area contributed by atoms with Gasteiger partial charge in [-0.1, -0.05) is 23.7 Å². The van der Waals surface area contributed by atoms with Gasteiger partial charge < -0.3 is 14.8 Å². The maximum atomic E-state index is 12.6. The van der Waals surface area contributed by atoms with Gasteiger partial charge in [0.25, 0.3) is 5.91 Å². The largest absolute Gasteiger partial charge is 0.454 e. The van der Waals surface area contributed by atoms with Gasteiger partial charge in [0.15, 0.2) is 11.5 Å². The predicted molar refractivity (Wildman–Crippen MR) is 119 cm³/mol. The highest BCUT2D eigenvalue weighted by Crippen LogP contribution is 2.34. The molecule has 0 atom stereocenters. The lowest BCUT2D eigenvalue weighted by Gasteiger charge is -2.23. The number of halogens is 1. The minimum atomic E-state index is -3.54. The highest BCUT2D eigenvalue weighted by atomic mass is 35.5. The van der Waals surface area contributed by atoms with Crippen LogP contribution in [0, 0.1) is 0 Å². The minimum Gasteiger partial charge on any atom is -0.454 e. The van der Waals surface area contributed by atoms with Gasteiger partial charge in [0.1, 0.15) is 0 Å². The number of benzene rings is 3. The summed E-state index contributed by atoms with van der Waals surface area (Å²) < 4.78 is 36.6. The van der Waals surface area contributed by atoms with Crippen molar-refractivity contribution in [3.63, 3.8) is 0 Å². The first kappa shape index (κ1) is 21.0. The Morgan fingerprint density at radius 3 is 2.35 bits per heavy atom. The molecule has 1 amide bonds. The Kier molecular flexibility index (Phi) is 5.75. The summed E-state index contributed by atoms with van der Waals surface area (Å²) in [6.07, 6.45) is 1.14. The number of anilines is 2. The van der Waals surface area contributed by atoms with Gasteiger partial charge in [-0.3, -0.25) is 9.10 Å². The average molecular weight is 459 g/mol. The van der Waals surface area contributed by atoms with Crippen LogP contribution >= 0.6 is 11.6 Å². The second-order valence-electron chi connectivity index (χ2n) is 6.97. The molecule has 0 bridgehead atoms. The van der Waals surface area contributed by atoms with Crippen molar-refractivity contribution in [2.45, 2.75) is 6.54 Å². The maximum Gasteiger partial charge on any atom is 0.255 e. The molecule has 1 aliphatic rings. The van der Waals surface area contributed by atoms with Gasteiger partial charge in [-0.05, 0) is 54.1 Å². The first-order chi connectivity index (χ1) is 14.8. The summed E-state index contributed by atoms with van der Waals surface area (Å²) in [5.74, 6) is 0.872. The van der Waals surface area contributed by atoms with Crippen molar-refractivity contribution in [2.75, 3.05) is 22.7 Å². The Labute approximate surface area is 185 Å². The van der Waals surface area contributed by atoms with E-state index in [9.17, 15) is 13.2 Å². The smallest absolute Gasteiger partial charge is 0.255 e. The van der Waals surface area contributed by atoms with Gasteiger partial charge >= 0.3 is 0 Å². The fourth-order valence-electron chi connectivity index (χ4n) is 3.11. The number of nitrogens with zero attached hydrogens (tertiary/aromatic N) is 1. The number of rotatable bonds is 6. The highest BCUT2D eigenvalue weighted by molar-refractivity contribution is 7.92. The van der Waals surface area contributed by atoms with Crippen LogP contribution in [0.5, 0.6) is 11.5 Å². The number of amides is 1. The topological polar surface area (TPSA) is 84.9 Å². The zero-order chi connectivity index (χ0) is 22.0. The average Bonchev–Trinajstić information content (AvgIpc) is 3.20. The number of carbonyl (C=O) groups excluding carboxylic acids is 1. The van der Waals surface area contributed by atoms with Crippen molar-refractivity contribution in [3.05, 3.63) is 82.9 Å². The lowest BCUT2D eigenvalue weighted by molar-refractivity contribution is 0.102. The third-order valence-electron chi connectivity index (χ3n) is 4.69. The predicted octanol–water partition coefficient (Wildman–Crippen LogP) is 4.29. The molecule has 0 spiro atoms. The van der Waals surface area contributed by atoms with Crippen LogP contribution in [-0.2, 0) is 16.6 Å². The number of carbonyl (C=O) groups is 1. The molecule has 1 heterocycles. The molecule has 9 heteroatoms. The molecule has 0 aliphatic carbocycles. The van der Waals surface area contributed by atoms with E-state index in [1.807, 2.05) is 0 Å². The Balaban J connectivity index is 1.51. The van der Waals surface area contributed by atoms with E-state index in [2.05, 4.69) is 5.32 Å². The van der Waals surface area contributed by atoms with Crippen molar-refractivity contribution in [3.8, 4) is 11.5 Å². The summed E-state index contributed by atoms with van der Waals surface area (Å²) in [6.45, 7) is 0.305.